The maximum atomic E-state index is 13.0. The third-order valence-electron chi connectivity index (χ3n) is 5.45. The van der Waals surface area contributed by atoms with E-state index in [0.717, 1.165) is 23.6 Å². The van der Waals surface area contributed by atoms with E-state index in [1.165, 1.54) is 0 Å². The average molecular weight is 341 g/mol. The Morgan fingerprint density at radius 3 is 2.88 bits per heavy atom. The molecule has 1 fully saturated rings. The first kappa shape index (κ1) is 16.1. The van der Waals surface area contributed by atoms with E-state index < -0.39 is 0 Å². The minimum Gasteiger partial charge on any atom is -0.499 e. The topological polar surface area (TPSA) is 78.6 Å². The van der Waals surface area contributed by atoms with E-state index in [1.807, 2.05) is 17.3 Å². The van der Waals surface area contributed by atoms with Crippen LogP contribution >= 0.6 is 0 Å². The van der Waals surface area contributed by atoms with Gasteiger partial charge in [0.25, 0.3) is 0 Å². The Morgan fingerprint density at radius 2 is 2.16 bits per heavy atom. The summed E-state index contributed by atoms with van der Waals surface area (Å²) in [6.07, 6.45) is 8.35. The number of nitrogens with one attached hydrogen (secondary N) is 1. The number of hydrogen-bond donors (Lipinski definition) is 1. The first-order valence-corrected chi connectivity index (χ1v) is 8.75. The number of carbonyl (C=O) groups excluding carboxylic acids is 1. The zero-order valence-corrected chi connectivity index (χ0v) is 14.7. The van der Waals surface area contributed by atoms with Crippen molar-refractivity contribution in [1.82, 2.24) is 10.3 Å². The lowest BCUT2D eigenvalue weighted by Gasteiger charge is -2.26. The first-order chi connectivity index (χ1) is 12.1. The van der Waals surface area contributed by atoms with Gasteiger partial charge in [0.2, 0.25) is 5.91 Å². The van der Waals surface area contributed by atoms with Crippen LogP contribution in [0.4, 0.5) is 0 Å². The number of amides is 1. The van der Waals surface area contributed by atoms with Gasteiger partial charge in [-0.2, -0.15) is 5.10 Å². The molecule has 1 amide bonds. The van der Waals surface area contributed by atoms with Crippen molar-refractivity contribution < 1.29 is 9.53 Å². The largest absolute Gasteiger partial charge is 0.499 e. The molecule has 0 spiro atoms. The lowest BCUT2D eigenvalue weighted by Crippen LogP contribution is -2.45. The number of allylic oxidation sites excluding steroid dienone is 3. The van der Waals surface area contributed by atoms with Crippen molar-refractivity contribution in [3.63, 3.8) is 0 Å². The molecule has 5 atom stereocenters. The van der Waals surface area contributed by atoms with Crippen LogP contribution in [-0.4, -0.2) is 54.7 Å². The Labute approximate surface area is 147 Å². The highest BCUT2D eigenvalue weighted by atomic mass is 16.5. The molecule has 0 aliphatic carbocycles. The third kappa shape index (κ3) is 2.58. The minimum absolute atomic E-state index is 0.00530. The zero-order chi connectivity index (χ0) is 17.6. The van der Waals surface area contributed by atoms with E-state index in [0.29, 0.717) is 6.54 Å². The summed E-state index contributed by atoms with van der Waals surface area (Å²) in [7, 11) is 1.66. The third-order valence-corrected chi connectivity index (χ3v) is 5.45. The quantitative estimate of drug-likeness (QED) is 0.841. The molecule has 0 aromatic heterocycles. The van der Waals surface area contributed by atoms with Crippen molar-refractivity contribution in [3.05, 3.63) is 23.7 Å². The second-order valence-corrected chi connectivity index (χ2v) is 7.00. The number of hydrogen-bond acceptors (Lipinski definition) is 6. The first-order valence-electron chi connectivity index (χ1n) is 8.75. The molecular weight excluding hydrogens is 318 g/mol. The van der Waals surface area contributed by atoms with Gasteiger partial charge in [-0.1, -0.05) is 13.0 Å². The van der Waals surface area contributed by atoms with Crippen LogP contribution in [0.15, 0.2) is 38.8 Å². The van der Waals surface area contributed by atoms with Crippen molar-refractivity contribution in [1.29, 1.82) is 0 Å². The highest BCUT2D eigenvalue weighted by Gasteiger charge is 2.49. The molecule has 4 aliphatic rings. The molecule has 4 rings (SSSR count). The van der Waals surface area contributed by atoms with Crippen molar-refractivity contribution in [2.45, 2.75) is 32.4 Å². The SMILES string of the molecule is COC1=CN=CC(C2=CC(C)C3C(=O)N(C4C=NNC4)C(C)C3=N2)C1. The molecule has 25 heavy (non-hydrogen) atoms. The Balaban J connectivity index is 1.62. The molecule has 1 N–H and O–H groups in total. The number of ether oxygens (including phenoxy) is 1. The summed E-state index contributed by atoms with van der Waals surface area (Å²) in [4.78, 5) is 24.1. The minimum atomic E-state index is -0.161. The van der Waals surface area contributed by atoms with Gasteiger partial charge in [-0.3, -0.25) is 14.8 Å². The van der Waals surface area contributed by atoms with Crippen molar-refractivity contribution in [2.75, 3.05) is 13.7 Å². The van der Waals surface area contributed by atoms with Crippen LogP contribution < -0.4 is 5.43 Å². The van der Waals surface area contributed by atoms with Crippen LogP contribution in [-0.2, 0) is 9.53 Å². The summed E-state index contributed by atoms with van der Waals surface area (Å²) in [5.74, 6) is 1.07. The van der Waals surface area contributed by atoms with Gasteiger partial charge in [-0.05, 0) is 12.8 Å². The van der Waals surface area contributed by atoms with Gasteiger partial charge in [0, 0.05) is 30.5 Å². The molecule has 0 saturated carbocycles. The summed E-state index contributed by atoms with van der Waals surface area (Å²) in [6, 6.07) is -0.0105. The van der Waals surface area contributed by atoms with E-state index in [4.69, 9.17) is 9.73 Å². The predicted molar refractivity (Wildman–Crippen MR) is 96.5 cm³/mol. The van der Waals surface area contributed by atoms with Gasteiger partial charge in [0.05, 0.1) is 43.6 Å². The molecular formula is C18H23N5O2. The fourth-order valence-electron chi connectivity index (χ4n) is 4.12. The summed E-state index contributed by atoms with van der Waals surface area (Å²) in [5, 5.41) is 4.06. The maximum absolute atomic E-state index is 13.0. The second-order valence-electron chi connectivity index (χ2n) is 7.00. The molecule has 0 aromatic carbocycles. The van der Waals surface area contributed by atoms with Gasteiger partial charge in [-0.15, -0.1) is 0 Å². The van der Waals surface area contributed by atoms with Gasteiger partial charge in [-0.25, -0.2) is 0 Å². The summed E-state index contributed by atoms with van der Waals surface area (Å²) < 4.78 is 5.34. The highest BCUT2D eigenvalue weighted by Crippen LogP contribution is 2.37. The molecule has 4 aliphatic heterocycles. The van der Waals surface area contributed by atoms with E-state index in [1.54, 1.807) is 13.3 Å². The van der Waals surface area contributed by atoms with E-state index >= 15 is 0 Å². The van der Waals surface area contributed by atoms with Crippen LogP contribution in [0.1, 0.15) is 20.3 Å². The Bertz CT molecular complexity index is 736. The molecule has 0 aromatic rings. The van der Waals surface area contributed by atoms with Crippen LogP contribution in [0.5, 0.6) is 0 Å². The molecule has 5 unspecified atom stereocenters. The number of carbonyl (C=O) groups is 1. The number of aliphatic imine (C=N–C) groups is 2. The standard InChI is InChI=1S/C18H23N5O2/c1-10-4-15(12-5-14(25-3)9-19-6-12)22-17-11(2)23(18(24)16(10)17)13-7-20-21-8-13/h4,6-7,9-13,16,21H,5,8H2,1-3H3. The molecule has 0 radical (unpaired) electrons. The Hall–Kier alpha value is -2.44. The monoisotopic (exact) mass is 341 g/mol. The van der Waals surface area contributed by atoms with Gasteiger partial charge < -0.3 is 15.1 Å². The van der Waals surface area contributed by atoms with E-state index in [9.17, 15) is 4.79 Å². The Kier molecular flexibility index (Phi) is 3.94. The fraction of sp³-hybridized carbons (Fsp3) is 0.556. The van der Waals surface area contributed by atoms with Crippen LogP contribution in [0, 0.1) is 17.8 Å². The molecule has 7 heteroatoms. The smallest absolute Gasteiger partial charge is 0.233 e. The average Bonchev–Trinajstić information content (AvgIpc) is 3.22. The van der Waals surface area contributed by atoms with E-state index in [2.05, 4.69) is 35.4 Å². The van der Waals surface area contributed by atoms with Crippen molar-refractivity contribution in [2.24, 2.45) is 32.8 Å². The van der Waals surface area contributed by atoms with Gasteiger partial charge in [0.1, 0.15) is 5.76 Å². The molecule has 7 nitrogen and oxygen atoms in total. The van der Waals surface area contributed by atoms with Crippen molar-refractivity contribution >= 4 is 24.0 Å². The number of hydrazone groups is 1. The van der Waals surface area contributed by atoms with Crippen LogP contribution in [0.25, 0.3) is 0 Å². The van der Waals surface area contributed by atoms with Crippen molar-refractivity contribution in [3.8, 4) is 0 Å². The lowest BCUT2D eigenvalue weighted by atomic mass is 9.84. The van der Waals surface area contributed by atoms with Gasteiger partial charge >= 0.3 is 0 Å². The lowest BCUT2D eigenvalue weighted by molar-refractivity contribution is -0.133. The van der Waals surface area contributed by atoms with Crippen LogP contribution in [0.2, 0.25) is 0 Å². The summed E-state index contributed by atoms with van der Waals surface area (Å²) in [5.41, 5.74) is 4.90. The van der Waals surface area contributed by atoms with Gasteiger partial charge in [0.15, 0.2) is 0 Å². The predicted octanol–water partition coefficient (Wildman–Crippen LogP) is 1.34. The number of methoxy groups -OCH3 is 1. The van der Waals surface area contributed by atoms with E-state index in [-0.39, 0.29) is 35.7 Å². The van der Waals surface area contributed by atoms with Crippen LogP contribution in [0.3, 0.4) is 0 Å². The highest BCUT2D eigenvalue weighted by molar-refractivity contribution is 6.15. The number of rotatable bonds is 3. The Morgan fingerprint density at radius 1 is 1.32 bits per heavy atom. The maximum Gasteiger partial charge on any atom is 0.233 e. The normalized spacial score (nSPS) is 36.6. The number of nitrogens with zero attached hydrogens (tertiary/aromatic N) is 4. The fourth-order valence-corrected chi connectivity index (χ4v) is 4.12. The zero-order valence-electron chi connectivity index (χ0n) is 14.7. The summed E-state index contributed by atoms with van der Waals surface area (Å²) >= 11 is 0. The molecule has 1 saturated heterocycles. The molecule has 132 valence electrons. The molecule has 4 heterocycles. The summed E-state index contributed by atoms with van der Waals surface area (Å²) in [6.45, 7) is 4.83. The molecule has 0 bridgehead atoms. The number of likely N-dealkylation sites (tertiary alicyclic amines) is 1. The second kappa shape index (κ2) is 6.13. The number of fused-ring (bicyclic) bond motifs is 1.